The van der Waals surface area contributed by atoms with Gasteiger partial charge in [-0.15, -0.1) is 0 Å². The van der Waals surface area contributed by atoms with Crippen LogP contribution in [0.3, 0.4) is 0 Å². The van der Waals surface area contributed by atoms with Gasteiger partial charge in [0.15, 0.2) is 0 Å². The van der Waals surface area contributed by atoms with Crippen LogP contribution >= 0.6 is 11.6 Å². The number of benzene rings is 1. The molecule has 0 fully saturated rings. The highest BCUT2D eigenvalue weighted by Gasteiger charge is 2.55. The van der Waals surface area contributed by atoms with Gasteiger partial charge in [0.2, 0.25) is 5.60 Å². The average Bonchev–Trinajstić information content (AvgIpc) is 2.52. The fourth-order valence-corrected chi connectivity index (χ4v) is 1.84. The predicted octanol–water partition coefficient (Wildman–Crippen LogP) is 2.63. The largest absolute Gasteiger partial charge is 0.426 e. The molecule has 1 rings (SSSR count). The van der Waals surface area contributed by atoms with Gasteiger partial charge < -0.3 is 10.4 Å². The number of carbonyl (C=O) groups excluding carboxylic acids is 2. The molecule has 140 valence electrons. The van der Waals surface area contributed by atoms with Crippen molar-refractivity contribution < 1.29 is 27.9 Å². The Kier molecular flexibility index (Phi) is 7.21. The zero-order chi connectivity index (χ0) is 19.3. The normalized spacial score (nSPS) is 13.9. The average molecular weight is 382 g/mol. The summed E-state index contributed by atoms with van der Waals surface area (Å²) in [6.07, 6.45) is -3.33. The van der Waals surface area contributed by atoms with Crippen LogP contribution < -0.4 is 16.2 Å². The number of hydrogen-bond donors (Lipinski definition) is 4. The highest BCUT2D eigenvalue weighted by molar-refractivity contribution is 6.34. The quantitative estimate of drug-likeness (QED) is 0.431. The van der Waals surface area contributed by atoms with E-state index in [1.807, 2.05) is 12.2 Å². The van der Waals surface area contributed by atoms with Gasteiger partial charge in [-0.3, -0.25) is 15.0 Å². The summed E-state index contributed by atoms with van der Waals surface area (Å²) in [5.41, 5.74) is 1.57. The minimum Gasteiger partial charge on any atom is -0.373 e. The topological polar surface area (TPSA) is 90.5 Å². The molecule has 10 heteroatoms. The number of hydrazine groups is 1. The summed E-state index contributed by atoms with van der Waals surface area (Å²) in [6, 6.07) is 3.64. The van der Waals surface area contributed by atoms with E-state index < -0.39 is 23.6 Å². The lowest BCUT2D eigenvalue weighted by atomic mass is 10.1. The first-order chi connectivity index (χ1) is 11.5. The maximum absolute atomic E-state index is 12.6. The Balaban J connectivity index is 2.79. The summed E-state index contributed by atoms with van der Waals surface area (Å²) in [5.74, 6) is -2.17. The zero-order valence-corrected chi connectivity index (χ0v) is 14.4. The molecule has 2 amide bonds. The minimum atomic E-state index is -5.15. The van der Waals surface area contributed by atoms with Crippen LogP contribution in [-0.2, 0) is 4.79 Å². The number of aliphatic hydroxyl groups is 1. The first kappa shape index (κ1) is 21.2. The number of nitrogens with one attached hydrogen (secondary N) is 3. The van der Waals surface area contributed by atoms with Crippen molar-refractivity contribution in [2.45, 2.75) is 38.5 Å². The monoisotopic (exact) mass is 381 g/mol. The summed E-state index contributed by atoms with van der Waals surface area (Å²) in [5, 5.41) is 11.1. The Hall–Kier alpha value is -1.84. The molecule has 0 radical (unpaired) electrons. The third kappa shape index (κ3) is 5.58. The molecule has 0 bridgehead atoms. The lowest BCUT2D eigenvalue weighted by molar-refractivity contribution is -0.242. The van der Waals surface area contributed by atoms with Crippen LogP contribution in [0.4, 0.5) is 18.9 Å². The first-order valence-corrected chi connectivity index (χ1v) is 7.81. The van der Waals surface area contributed by atoms with Crippen LogP contribution in [0.5, 0.6) is 0 Å². The molecule has 6 nitrogen and oxygen atoms in total. The number of alkyl halides is 3. The maximum atomic E-state index is 12.6. The second-order valence-corrected chi connectivity index (χ2v) is 5.86. The fraction of sp³-hybridized carbons (Fsp3) is 0.467. The van der Waals surface area contributed by atoms with Gasteiger partial charge >= 0.3 is 6.18 Å². The molecule has 1 unspecified atom stereocenters. The Morgan fingerprint density at radius 1 is 1.28 bits per heavy atom. The summed E-state index contributed by atoms with van der Waals surface area (Å²) >= 11 is 5.89. The molecule has 0 saturated carbocycles. The molecular formula is C15H19ClF3N3O3. The van der Waals surface area contributed by atoms with Crippen molar-refractivity contribution in [2.24, 2.45) is 0 Å². The highest BCUT2D eigenvalue weighted by Crippen LogP contribution is 2.32. The molecule has 0 aliphatic carbocycles. The third-order valence-corrected chi connectivity index (χ3v) is 3.64. The summed E-state index contributed by atoms with van der Waals surface area (Å²) in [6.45, 7) is 2.91. The molecule has 1 aromatic carbocycles. The van der Waals surface area contributed by atoms with Crippen LogP contribution in [0.15, 0.2) is 18.2 Å². The van der Waals surface area contributed by atoms with Crippen molar-refractivity contribution in [3.8, 4) is 0 Å². The van der Waals surface area contributed by atoms with Gasteiger partial charge in [-0.1, -0.05) is 24.9 Å². The van der Waals surface area contributed by atoms with Crippen molar-refractivity contribution in [3.63, 3.8) is 0 Å². The van der Waals surface area contributed by atoms with Gasteiger partial charge in [-0.05, 0) is 31.5 Å². The minimum absolute atomic E-state index is 0.146. The number of carbonyl (C=O) groups is 2. The maximum Gasteiger partial charge on any atom is 0.426 e. The summed E-state index contributed by atoms with van der Waals surface area (Å²) < 4.78 is 37.9. The SMILES string of the molecule is CCCCNNC(=O)c1ccc(NC(=O)C(C)(O)C(F)(F)F)c(Cl)c1. The van der Waals surface area contributed by atoms with Gasteiger partial charge in [0.1, 0.15) is 0 Å². The molecule has 1 aromatic rings. The fourth-order valence-electron chi connectivity index (χ4n) is 1.61. The molecule has 4 N–H and O–H groups in total. The number of unbranched alkanes of at least 4 members (excludes halogenated alkanes) is 1. The van der Waals surface area contributed by atoms with E-state index in [2.05, 4.69) is 10.9 Å². The van der Waals surface area contributed by atoms with Crippen LogP contribution in [0, 0.1) is 0 Å². The molecule has 0 spiro atoms. The molecule has 1 atom stereocenters. The molecule has 25 heavy (non-hydrogen) atoms. The second kappa shape index (κ2) is 8.50. The Bertz CT molecular complexity index is 636. The van der Waals surface area contributed by atoms with Crippen LogP contribution in [0.25, 0.3) is 0 Å². The summed E-state index contributed by atoms with van der Waals surface area (Å²) in [4.78, 5) is 23.5. The Morgan fingerprint density at radius 3 is 2.44 bits per heavy atom. The Labute approximate surface area is 147 Å². The van der Waals surface area contributed by atoms with Gasteiger partial charge in [0, 0.05) is 12.1 Å². The number of amides is 2. The van der Waals surface area contributed by atoms with Gasteiger partial charge in [0.05, 0.1) is 10.7 Å². The Morgan fingerprint density at radius 2 is 1.92 bits per heavy atom. The van der Waals surface area contributed by atoms with Crippen LogP contribution in [-0.4, -0.2) is 35.2 Å². The van der Waals surface area contributed by atoms with Crippen molar-refractivity contribution in [2.75, 3.05) is 11.9 Å². The molecule has 0 saturated heterocycles. The molecule has 0 heterocycles. The zero-order valence-electron chi connectivity index (χ0n) is 13.6. The van der Waals surface area contributed by atoms with E-state index in [1.165, 1.54) is 18.2 Å². The van der Waals surface area contributed by atoms with E-state index in [0.717, 1.165) is 12.8 Å². The van der Waals surface area contributed by atoms with Gasteiger partial charge in [-0.25, -0.2) is 5.43 Å². The molecular weight excluding hydrogens is 363 g/mol. The van der Waals surface area contributed by atoms with Crippen molar-refractivity contribution in [1.29, 1.82) is 0 Å². The predicted molar refractivity (Wildman–Crippen MR) is 87.1 cm³/mol. The first-order valence-electron chi connectivity index (χ1n) is 7.44. The van der Waals surface area contributed by atoms with E-state index in [-0.39, 0.29) is 16.3 Å². The van der Waals surface area contributed by atoms with E-state index in [1.54, 1.807) is 0 Å². The van der Waals surface area contributed by atoms with Crippen molar-refractivity contribution in [3.05, 3.63) is 28.8 Å². The van der Waals surface area contributed by atoms with E-state index >= 15 is 0 Å². The summed E-state index contributed by atoms with van der Waals surface area (Å²) in [7, 11) is 0. The number of rotatable bonds is 7. The number of anilines is 1. The van der Waals surface area contributed by atoms with Crippen LogP contribution in [0.1, 0.15) is 37.0 Å². The lowest BCUT2D eigenvalue weighted by Crippen LogP contribution is -2.52. The van der Waals surface area contributed by atoms with Crippen molar-refractivity contribution in [1.82, 2.24) is 10.9 Å². The van der Waals surface area contributed by atoms with Gasteiger partial charge in [0.25, 0.3) is 11.8 Å². The lowest BCUT2D eigenvalue weighted by Gasteiger charge is -2.25. The van der Waals surface area contributed by atoms with E-state index in [9.17, 15) is 27.9 Å². The second-order valence-electron chi connectivity index (χ2n) is 5.45. The van der Waals surface area contributed by atoms with Gasteiger partial charge in [-0.2, -0.15) is 13.2 Å². The number of halogens is 4. The number of hydrogen-bond acceptors (Lipinski definition) is 4. The third-order valence-electron chi connectivity index (χ3n) is 3.33. The molecule has 0 aromatic heterocycles. The van der Waals surface area contributed by atoms with Crippen LogP contribution in [0.2, 0.25) is 5.02 Å². The molecule has 0 aliphatic rings. The molecule has 0 aliphatic heterocycles. The smallest absolute Gasteiger partial charge is 0.373 e. The van der Waals surface area contributed by atoms with E-state index in [4.69, 9.17) is 11.6 Å². The van der Waals surface area contributed by atoms with Crippen molar-refractivity contribution >= 4 is 29.1 Å². The highest BCUT2D eigenvalue weighted by atomic mass is 35.5. The standard InChI is InChI=1S/C15H19ClF3N3O3/c1-3-4-7-20-22-12(23)9-5-6-11(10(16)8-9)21-13(24)14(2,25)15(17,18)19/h5-6,8,20,25H,3-4,7H2,1-2H3,(H,21,24)(H,22,23). The van der Waals surface area contributed by atoms with E-state index in [0.29, 0.717) is 13.5 Å².